The number of nitrogens with zero attached hydrogens (tertiary/aromatic N) is 4. The summed E-state index contributed by atoms with van der Waals surface area (Å²) in [5, 5.41) is 9.19. The van der Waals surface area contributed by atoms with Gasteiger partial charge in [-0.1, -0.05) is 66.7 Å². The van der Waals surface area contributed by atoms with Crippen LogP contribution in [0.4, 0.5) is 0 Å². The number of hydrogen-bond donors (Lipinski definition) is 0. The van der Waals surface area contributed by atoms with E-state index in [1.165, 1.54) is 11.1 Å². The molecule has 6 aromatic rings. The Labute approximate surface area is 236 Å². The zero-order chi connectivity index (χ0) is 25.2. The molecule has 0 atom stereocenters. The summed E-state index contributed by atoms with van der Waals surface area (Å²) in [5.41, 5.74) is 8.56. The van der Waals surface area contributed by atoms with E-state index < -0.39 is 0 Å². The zero-order valence-electron chi connectivity index (χ0n) is 21.1. The van der Waals surface area contributed by atoms with Crippen molar-refractivity contribution < 1.29 is 25.2 Å². The van der Waals surface area contributed by atoms with Crippen LogP contribution in [0.5, 0.6) is 11.5 Å². The summed E-state index contributed by atoms with van der Waals surface area (Å²) in [6.07, 6.45) is 3.93. The minimum Gasteiger partial charge on any atom is -0.457 e. The van der Waals surface area contributed by atoms with E-state index in [9.17, 15) is 0 Å². The van der Waals surface area contributed by atoms with Gasteiger partial charge in [0.2, 0.25) is 0 Å². The zero-order valence-corrected chi connectivity index (χ0v) is 22.6. The Balaban J connectivity index is 0.00000294. The maximum absolute atomic E-state index is 6.21. The molecule has 2 heterocycles. The SMILES string of the molecule is Cc1cc(C)n(-c2cccc(Oc3cccc(-n4cc(-c5ccc(-c6ccccc6)cc5)cn4)c3)c2)n1.[Pd]. The minimum absolute atomic E-state index is 0. The Kier molecular flexibility index (Phi) is 7.37. The van der Waals surface area contributed by atoms with Crippen molar-refractivity contribution in [2.45, 2.75) is 13.8 Å². The Morgan fingerprint density at radius 1 is 0.605 bits per heavy atom. The van der Waals surface area contributed by atoms with Crippen LogP contribution in [0.2, 0.25) is 0 Å². The first-order chi connectivity index (χ1) is 18.1. The molecular weight excluding hydrogens is 563 g/mol. The largest absolute Gasteiger partial charge is 0.457 e. The van der Waals surface area contributed by atoms with Crippen LogP contribution in [0, 0.1) is 13.8 Å². The van der Waals surface area contributed by atoms with E-state index in [0.717, 1.165) is 45.4 Å². The molecule has 0 saturated carbocycles. The molecule has 0 N–H and O–H groups in total. The predicted molar refractivity (Wildman–Crippen MR) is 148 cm³/mol. The molecule has 0 saturated heterocycles. The number of ether oxygens (including phenoxy) is 1. The van der Waals surface area contributed by atoms with E-state index in [4.69, 9.17) is 4.74 Å². The summed E-state index contributed by atoms with van der Waals surface area (Å²) in [7, 11) is 0. The second kappa shape index (κ2) is 11.0. The molecule has 6 heteroatoms. The first-order valence-corrected chi connectivity index (χ1v) is 12.2. The van der Waals surface area contributed by atoms with Crippen molar-refractivity contribution in [3.8, 4) is 45.1 Å². The van der Waals surface area contributed by atoms with Gasteiger partial charge in [-0.15, -0.1) is 0 Å². The summed E-state index contributed by atoms with van der Waals surface area (Å²) in [6.45, 7) is 4.04. The Morgan fingerprint density at radius 3 is 1.87 bits per heavy atom. The summed E-state index contributed by atoms with van der Waals surface area (Å²) >= 11 is 0. The Hall–Kier alpha value is -4.24. The average molecular weight is 589 g/mol. The Morgan fingerprint density at radius 2 is 1.21 bits per heavy atom. The number of benzene rings is 4. The van der Waals surface area contributed by atoms with Crippen molar-refractivity contribution >= 4 is 0 Å². The van der Waals surface area contributed by atoms with E-state index in [-0.39, 0.29) is 20.4 Å². The van der Waals surface area contributed by atoms with Gasteiger partial charge in [0.25, 0.3) is 0 Å². The van der Waals surface area contributed by atoms with Crippen LogP contribution in [0.25, 0.3) is 33.6 Å². The fraction of sp³-hybridized carbons (Fsp3) is 0.0625. The number of aromatic nitrogens is 4. The third kappa shape index (κ3) is 5.38. The van der Waals surface area contributed by atoms with Gasteiger partial charge in [-0.25, -0.2) is 9.36 Å². The molecule has 0 aliphatic heterocycles. The smallest absolute Gasteiger partial charge is 0.129 e. The monoisotopic (exact) mass is 588 g/mol. The van der Waals surface area contributed by atoms with Crippen LogP contribution in [-0.4, -0.2) is 19.6 Å². The van der Waals surface area contributed by atoms with E-state index in [0.29, 0.717) is 0 Å². The van der Waals surface area contributed by atoms with Crippen molar-refractivity contribution in [2.24, 2.45) is 0 Å². The molecule has 5 nitrogen and oxygen atoms in total. The van der Waals surface area contributed by atoms with Gasteiger partial charge in [0.05, 0.1) is 23.3 Å². The molecule has 0 bridgehead atoms. The normalized spacial score (nSPS) is 10.7. The molecule has 6 rings (SSSR count). The van der Waals surface area contributed by atoms with Gasteiger partial charge in [0.15, 0.2) is 0 Å². The van der Waals surface area contributed by atoms with Crippen molar-refractivity contribution in [1.82, 2.24) is 19.6 Å². The van der Waals surface area contributed by atoms with Crippen LogP contribution < -0.4 is 4.74 Å². The van der Waals surface area contributed by atoms with Crippen molar-refractivity contribution in [1.29, 1.82) is 0 Å². The average Bonchev–Trinajstić information content (AvgIpc) is 3.56. The van der Waals surface area contributed by atoms with Gasteiger partial charge in [0, 0.05) is 50.0 Å². The van der Waals surface area contributed by atoms with E-state index in [1.54, 1.807) is 0 Å². The van der Waals surface area contributed by atoms with Gasteiger partial charge in [-0.2, -0.15) is 10.2 Å². The standard InChI is InChI=1S/C32H26N4O.Pd/c1-23-18-24(2)36(34-23)30-11-7-13-32(20-30)37-31-12-6-10-29(19-31)35-22-28(21-33-35)27-16-14-26(15-17-27)25-8-4-3-5-9-25;/h3-22H,1-2H3;. The van der Waals surface area contributed by atoms with Gasteiger partial charge < -0.3 is 4.74 Å². The molecule has 0 aliphatic carbocycles. The van der Waals surface area contributed by atoms with Gasteiger partial charge >= 0.3 is 0 Å². The van der Waals surface area contributed by atoms with Crippen LogP contribution in [0.1, 0.15) is 11.4 Å². The first kappa shape index (κ1) is 25.4. The summed E-state index contributed by atoms with van der Waals surface area (Å²) in [4.78, 5) is 0. The number of hydrogen-bond acceptors (Lipinski definition) is 3. The fourth-order valence-corrected chi connectivity index (χ4v) is 4.49. The van der Waals surface area contributed by atoms with Gasteiger partial charge in [0.1, 0.15) is 11.5 Å². The molecule has 0 spiro atoms. The molecule has 38 heavy (non-hydrogen) atoms. The summed E-state index contributed by atoms with van der Waals surface area (Å²) < 4.78 is 10.0. The molecule has 0 unspecified atom stereocenters. The molecule has 0 aliphatic rings. The third-order valence-corrected chi connectivity index (χ3v) is 6.30. The van der Waals surface area contributed by atoms with E-state index in [2.05, 4.69) is 64.8 Å². The molecule has 2 aromatic heterocycles. The maximum Gasteiger partial charge on any atom is 0.129 e. The topological polar surface area (TPSA) is 44.9 Å². The molecule has 0 amide bonds. The Bertz CT molecular complexity index is 1670. The first-order valence-electron chi connectivity index (χ1n) is 12.2. The molecule has 190 valence electrons. The number of aryl methyl sites for hydroxylation is 2. The van der Waals surface area contributed by atoms with E-state index in [1.807, 2.05) is 90.2 Å². The van der Waals surface area contributed by atoms with Crippen molar-refractivity contribution in [3.05, 3.63) is 133 Å². The molecular formula is C32H26N4OPd. The second-order valence-electron chi connectivity index (χ2n) is 9.05. The summed E-state index contributed by atoms with van der Waals surface area (Å²) in [6, 6.07) is 36.9. The molecule has 0 fully saturated rings. The van der Waals surface area contributed by atoms with Crippen LogP contribution >= 0.6 is 0 Å². The quantitative estimate of drug-likeness (QED) is 0.187. The minimum atomic E-state index is 0. The van der Waals surface area contributed by atoms with Crippen LogP contribution in [-0.2, 0) is 20.4 Å². The maximum atomic E-state index is 6.21. The number of rotatable bonds is 6. The third-order valence-electron chi connectivity index (χ3n) is 6.30. The predicted octanol–water partition coefficient (Wildman–Crippen LogP) is 7.80. The summed E-state index contributed by atoms with van der Waals surface area (Å²) in [5.74, 6) is 1.49. The van der Waals surface area contributed by atoms with Crippen LogP contribution in [0.15, 0.2) is 122 Å². The fourth-order valence-electron chi connectivity index (χ4n) is 4.49. The van der Waals surface area contributed by atoms with Crippen LogP contribution in [0.3, 0.4) is 0 Å². The van der Waals surface area contributed by atoms with Crippen molar-refractivity contribution in [3.63, 3.8) is 0 Å². The second-order valence-corrected chi connectivity index (χ2v) is 9.05. The van der Waals surface area contributed by atoms with Gasteiger partial charge in [-0.3, -0.25) is 0 Å². The van der Waals surface area contributed by atoms with E-state index >= 15 is 0 Å². The van der Waals surface area contributed by atoms with Gasteiger partial charge in [-0.05, 0) is 60.9 Å². The molecule has 4 aromatic carbocycles. The molecule has 0 radical (unpaired) electrons. The van der Waals surface area contributed by atoms with Crippen molar-refractivity contribution in [2.75, 3.05) is 0 Å².